The zero-order valence-corrected chi connectivity index (χ0v) is 19.2. The van der Waals surface area contributed by atoms with Crippen molar-refractivity contribution in [3.8, 4) is 11.3 Å². The number of aryl methyl sites for hydroxylation is 1. The second kappa shape index (κ2) is 8.97. The van der Waals surface area contributed by atoms with Gasteiger partial charge in [0.25, 0.3) is 0 Å². The number of carboxylic acid groups (broad SMARTS) is 1. The van der Waals surface area contributed by atoms with E-state index in [1.807, 2.05) is 43.4 Å². The SMILES string of the molecule is CCCCn1cc(-c2cc(N(C)Cc3ccccc3)n3ncc(C(=O)O)c3n2)c2cccnc21. The molecule has 4 heterocycles. The van der Waals surface area contributed by atoms with Crippen LogP contribution >= 0.6 is 0 Å². The Morgan fingerprint density at radius 2 is 1.94 bits per heavy atom. The third-order valence-electron chi connectivity index (χ3n) is 6.00. The first kappa shape index (κ1) is 21.6. The van der Waals surface area contributed by atoms with Gasteiger partial charge in [-0.3, -0.25) is 0 Å². The lowest BCUT2D eigenvalue weighted by Crippen LogP contribution is -2.20. The lowest BCUT2D eigenvalue weighted by Gasteiger charge is -2.21. The third-order valence-corrected chi connectivity index (χ3v) is 6.00. The van der Waals surface area contributed by atoms with Crippen LogP contribution in [0.1, 0.15) is 35.7 Å². The van der Waals surface area contributed by atoms with E-state index in [1.165, 1.54) is 6.20 Å². The summed E-state index contributed by atoms with van der Waals surface area (Å²) in [6.07, 6.45) is 7.36. The zero-order valence-electron chi connectivity index (χ0n) is 19.2. The lowest BCUT2D eigenvalue weighted by molar-refractivity contribution is 0.0698. The molecule has 0 aliphatic carbocycles. The summed E-state index contributed by atoms with van der Waals surface area (Å²) in [5, 5.41) is 15.1. The number of fused-ring (bicyclic) bond motifs is 2. The maximum absolute atomic E-state index is 11.9. The van der Waals surface area contributed by atoms with Gasteiger partial charge in [0, 0.05) is 49.5 Å². The summed E-state index contributed by atoms with van der Waals surface area (Å²) in [4.78, 5) is 23.3. The number of rotatable bonds is 8. The van der Waals surface area contributed by atoms with Crippen LogP contribution in [0.15, 0.2) is 67.1 Å². The molecule has 8 heteroatoms. The van der Waals surface area contributed by atoms with E-state index in [0.717, 1.165) is 47.4 Å². The van der Waals surface area contributed by atoms with Gasteiger partial charge in [-0.2, -0.15) is 9.61 Å². The van der Waals surface area contributed by atoms with E-state index >= 15 is 0 Å². The number of unbranched alkanes of at least 4 members (excludes halogenated alkanes) is 1. The first-order valence-corrected chi connectivity index (χ1v) is 11.4. The maximum Gasteiger partial charge on any atom is 0.341 e. The Balaban J connectivity index is 1.69. The summed E-state index contributed by atoms with van der Waals surface area (Å²) >= 11 is 0. The molecule has 172 valence electrons. The minimum atomic E-state index is -1.05. The van der Waals surface area contributed by atoms with Gasteiger partial charge >= 0.3 is 5.97 Å². The molecular formula is C26H26N6O2. The normalized spacial score (nSPS) is 11.4. The van der Waals surface area contributed by atoms with Crippen LogP contribution in [0.4, 0.5) is 5.82 Å². The Hall–Kier alpha value is -4.20. The topological polar surface area (TPSA) is 88.5 Å². The summed E-state index contributed by atoms with van der Waals surface area (Å²) < 4.78 is 3.76. The fourth-order valence-electron chi connectivity index (χ4n) is 4.27. The van der Waals surface area contributed by atoms with E-state index in [4.69, 9.17) is 4.98 Å². The molecule has 8 nitrogen and oxygen atoms in total. The molecule has 5 aromatic rings. The van der Waals surface area contributed by atoms with Crippen LogP contribution in [-0.2, 0) is 13.1 Å². The van der Waals surface area contributed by atoms with Gasteiger partial charge in [-0.05, 0) is 24.1 Å². The number of hydrogen-bond acceptors (Lipinski definition) is 5. The molecule has 1 aromatic carbocycles. The molecule has 34 heavy (non-hydrogen) atoms. The van der Waals surface area contributed by atoms with Crippen molar-refractivity contribution in [3.05, 3.63) is 78.2 Å². The van der Waals surface area contributed by atoms with Crippen LogP contribution in [0.5, 0.6) is 0 Å². The summed E-state index contributed by atoms with van der Waals surface area (Å²) in [6, 6.07) is 16.0. The van der Waals surface area contributed by atoms with Crippen LogP contribution < -0.4 is 4.90 Å². The summed E-state index contributed by atoms with van der Waals surface area (Å²) in [7, 11) is 1.97. The van der Waals surface area contributed by atoms with Crippen LogP contribution in [-0.4, -0.2) is 42.3 Å². The van der Waals surface area contributed by atoms with Crippen molar-refractivity contribution in [1.29, 1.82) is 0 Å². The van der Waals surface area contributed by atoms with Crippen LogP contribution in [0.2, 0.25) is 0 Å². The van der Waals surface area contributed by atoms with E-state index in [9.17, 15) is 9.90 Å². The van der Waals surface area contributed by atoms with Crippen LogP contribution in [0.3, 0.4) is 0 Å². The van der Waals surface area contributed by atoms with Crippen molar-refractivity contribution in [2.45, 2.75) is 32.9 Å². The highest BCUT2D eigenvalue weighted by atomic mass is 16.4. The largest absolute Gasteiger partial charge is 0.477 e. The fourth-order valence-corrected chi connectivity index (χ4v) is 4.27. The first-order valence-electron chi connectivity index (χ1n) is 11.4. The van der Waals surface area contributed by atoms with Crippen molar-refractivity contribution < 1.29 is 9.90 Å². The number of nitrogens with zero attached hydrogens (tertiary/aromatic N) is 6. The number of pyridine rings is 1. The van der Waals surface area contributed by atoms with Crippen molar-refractivity contribution in [3.63, 3.8) is 0 Å². The lowest BCUT2D eigenvalue weighted by atomic mass is 10.1. The molecule has 0 saturated carbocycles. The number of aromatic nitrogens is 5. The van der Waals surface area contributed by atoms with Crippen molar-refractivity contribution >= 4 is 28.5 Å². The number of carbonyl (C=O) groups is 1. The van der Waals surface area contributed by atoms with Gasteiger partial charge in [0.05, 0.1) is 11.9 Å². The van der Waals surface area contributed by atoms with Crippen molar-refractivity contribution in [2.24, 2.45) is 0 Å². The molecule has 0 fully saturated rings. The van der Waals surface area contributed by atoms with Crippen molar-refractivity contribution in [2.75, 3.05) is 11.9 Å². The second-order valence-corrected chi connectivity index (χ2v) is 8.40. The summed E-state index contributed by atoms with van der Waals surface area (Å²) in [5.41, 5.74) is 4.05. The van der Waals surface area contributed by atoms with Gasteiger partial charge in [0.15, 0.2) is 5.65 Å². The molecule has 4 aromatic heterocycles. The summed E-state index contributed by atoms with van der Waals surface area (Å²) in [5.74, 6) is -0.293. The quantitative estimate of drug-likeness (QED) is 0.359. The van der Waals surface area contributed by atoms with Crippen LogP contribution in [0.25, 0.3) is 27.9 Å². The third kappa shape index (κ3) is 3.87. The summed E-state index contributed by atoms with van der Waals surface area (Å²) in [6.45, 7) is 3.67. The molecule has 1 N–H and O–H groups in total. The standard InChI is InChI=1S/C26H26N6O2/c1-3-4-13-31-17-21(19-11-8-12-27-24(19)31)22-14-23(30(2)16-18-9-6-5-7-10-18)32-25(29-22)20(15-28-32)26(33)34/h5-12,14-15,17H,3-4,13,16H2,1-2H3,(H,33,34). The Morgan fingerprint density at radius 3 is 2.71 bits per heavy atom. The first-order chi connectivity index (χ1) is 16.6. The molecule has 0 saturated heterocycles. The number of benzene rings is 1. The van der Waals surface area contributed by atoms with Gasteiger partial charge in [-0.25, -0.2) is 14.8 Å². The number of anilines is 1. The molecule has 0 unspecified atom stereocenters. The molecule has 0 amide bonds. The fraction of sp³-hybridized carbons (Fsp3) is 0.231. The van der Waals surface area contributed by atoms with E-state index in [-0.39, 0.29) is 5.56 Å². The minimum absolute atomic E-state index is 0.0732. The molecule has 0 aliphatic heterocycles. The molecule has 0 radical (unpaired) electrons. The number of carboxylic acids is 1. The van der Waals surface area contributed by atoms with Gasteiger partial charge in [-0.15, -0.1) is 0 Å². The predicted molar refractivity (Wildman–Crippen MR) is 132 cm³/mol. The molecule has 0 aliphatic rings. The van der Waals surface area contributed by atoms with Crippen LogP contribution in [0, 0.1) is 0 Å². The highest BCUT2D eigenvalue weighted by Crippen LogP contribution is 2.32. The zero-order chi connectivity index (χ0) is 23.7. The second-order valence-electron chi connectivity index (χ2n) is 8.40. The molecule has 0 spiro atoms. The molecule has 5 rings (SSSR count). The Morgan fingerprint density at radius 1 is 1.12 bits per heavy atom. The predicted octanol–water partition coefficient (Wildman–Crippen LogP) is 4.88. The van der Waals surface area contributed by atoms with Gasteiger partial charge in [-0.1, -0.05) is 43.7 Å². The molecular weight excluding hydrogens is 428 g/mol. The molecule has 0 bridgehead atoms. The maximum atomic E-state index is 11.9. The highest BCUT2D eigenvalue weighted by molar-refractivity contribution is 5.97. The average molecular weight is 455 g/mol. The minimum Gasteiger partial charge on any atom is -0.477 e. The molecule has 0 atom stereocenters. The van der Waals surface area contributed by atoms with E-state index in [2.05, 4.69) is 44.8 Å². The average Bonchev–Trinajstić information content (AvgIpc) is 3.44. The Bertz CT molecular complexity index is 1470. The van der Waals surface area contributed by atoms with E-state index in [1.54, 1.807) is 10.7 Å². The number of aromatic carboxylic acids is 1. The Labute approximate surface area is 197 Å². The van der Waals surface area contributed by atoms with Gasteiger partial charge < -0.3 is 14.6 Å². The monoisotopic (exact) mass is 454 g/mol. The van der Waals surface area contributed by atoms with Gasteiger partial charge in [0.1, 0.15) is 17.0 Å². The van der Waals surface area contributed by atoms with E-state index in [0.29, 0.717) is 17.9 Å². The van der Waals surface area contributed by atoms with Crippen molar-refractivity contribution in [1.82, 2.24) is 24.1 Å². The van der Waals surface area contributed by atoms with Gasteiger partial charge in [0.2, 0.25) is 0 Å². The number of hydrogen-bond donors (Lipinski definition) is 1. The smallest absolute Gasteiger partial charge is 0.341 e. The van der Waals surface area contributed by atoms with E-state index < -0.39 is 5.97 Å². The Kier molecular flexibility index (Phi) is 5.71. The highest BCUT2D eigenvalue weighted by Gasteiger charge is 2.21.